The second-order valence-electron chi connectivity index (χ2n) is 23.4. The largest absolute Gasteiger partial charge is 0.462 e. The van der Waals surface area contributed by atoms with Gasteiger partial charge in [-0.05, 0) is 128 Å². The van der Waals surface area contributed by atoms with Crippen LogP contribution in [0.25, 0.3) is 0 Å². The number of hydrogen-bond acceptors (Lipinski definition) is 6. The van der Waals surface area contributed by atoms with E-state index in [1.54, 1.807) is 0 Å². The minimum absolute atomic E-state index is 0.0896. The minimum atomic E-state index is -0.797. The number of unbranched alkanes of at least 4 members (excludes halogenated alkanes) is 35. The van der Waals surface area contributed by atoms with E-state index >= 15 is 0 Å². The second-order valence-corrected chi connectivity index (χ2v) is 23.4. The highest BCUT2D eigenvalue weighted by molar-refractivity contribution is 5.71. The Morgan fingerprint density at radius 2 is 0.470 bits per heavy atom. The van der Waals surface area contributed by atoms with Gasteiger partial charge in [-0.1, -0.05) is 304 Å². The van der Waals surface area contributed by atoms with E-state index < -0.39 is 6.10 Å². The highest BCUT2D eigenvalue weighted by Gasteiger charge is 2.19. The molecule has 0 aromatic rings. The molecule has 1 atom stereocenters. The molecule has 0 fully saturated rings. The monoisotopic (exact) mass is 1150 g/mol. The van der Waals surface area contributed by atoms with E-state index in [1.165, 1.54) is 161 Å². The molecule has 0 aliphatic heterocycles. The third-order valence-corrected chi connectivity index (χ3v) is 15.2. The standard InChI is InChI=1S/C77H132O6/c1-4-7-10-13-16-19-22-25-28-30-32-34-35-36-37-38-39-40-41-43-44-46-49-52-55-58-61-64-67-70-76(79)82-73-74(72-81-75(78)69-66-63-60-57-54-51-48-27-24-21-18-15-12-9-6-3)83-77(80)71-68-65-62-59-56-53-50-47-45-42-33-31-29-26-23-20-17-14-11-8-5-2/h8,11,17-18,20-22,25-27,29-30,32-33,42,47-48,50,74H,4-7,9-10,12-16,19,23-24,28,31,34-41,43-46,49,51-73H2,1-3H3/b11-8-,20-17-,21-18-,25-22-,29-26-,32-30-,42-33-,48-27-,50-47-. The van der Waals surface area contributed by atoms with Crippen molar-refractivity contribution in [1.82, 2.24) is 0 Å². The van der Waals surface area contributed by atoms with Crippen LogP contribution in [0.5, 0.6) is 0 Å². The summed E-state index contributed by atoms with van der Waals surface area (Å²) in [6.45, 7) is 6.50. The van der Waals surface area contributed by atoms with Crippen LogP contribution in [0, 0.1) is 0 Å². The fourth-order valence-electron chi connectivity index (χ4n) is 9.94. The number of esters is 3. The fraction of sp³-hybridized carbons (Fsp3) is 0.727. The van der Waals surface area contributed by atoms with Crippen molar-refractivity contribution in [3.8, 4) is 0 Å². The number of ether oxygens (including phenoxy) is 3. The Kier molecular flexibility index (Phi) is 67.2. The maximum absolute atomic E-state index is 12.9. The Bertz CT molecular complexity index is 1660. The first-order chi connectivity index (χ1) is 41.0. The highest BCUT2D eigenvalue weighted by atomic mass is 16.6. The third-order valence-electron chi connectivity index (χ3n) is 15.2. The zero-order chi connectivity index (χ0) is 59.9. The molecule has 0 N–H and O–H groups in total. The maximum atomic E-state index is 12.9. The molecule has 0 spiro atoms. The number of carbonyl (C=O) groups excluding carboxylic acids is 3. The first kappa shape index (κ1) is 79.1. The lowest BCUT2D eigenvalue weighted by atomic mass is 10.0. The number of rotatable bonds is 64. The molecule has 0 radical (unpaired) electrons. The quantitative estimate of drug-likeness (QED) is 0.0261. The molecule has 0 rings (SSSR count). The van der Waals surface area contributed by atoms with Crippen LogP contribution in [0.4, 0.5) is 0 Å². The van der Waals surface area contributed by atoms with E-state index in [1.807, 2.05) is 0 Å². The Balaban J connectivity index is 4.32. The summed E-state index contributed by atoms with van der Waals surface area (Å²) in [6.07, 6.45) is 96.8. The van der Waals surface area contributed by atoms with Gasteiger partial charge in [-0.25, -0.2) is 0 Å². The van der Waals surface area contributed by atoms with Crippen LogP contribution in [-0.2, 0) is 28.6 Å². The molecule has 0 bridgehead atoms. The molecule has 83 heavy (non-hydrogen) atoms. The summed E-state index contributed by atoms with van der Waals surface area (Å²) in [5.74, 6) is -0.910. The van der Waals surface area contributed by atoms with Crippen LogP contribution in [-0.4, -0.2) is 37.2 Å². The molecule has 6 nitrogen and oxygen atoms in total. The third kappa shape index (κ3) is 68.7. The molecule has 0 aromatic carbocycles. The van der Waals surface area contributed by atoms with Gasteiger partial charge in [-0.15, -0.1) is 0 Å². The van der Waals surface area contributed by atoms with Crippen LogP contribution >= 0.6 is 0 Å². The molecule has 0 aromatic heterocycles. The Morgan fingerprint density at radius 1 is 0.253 bits per heavy atom. The smallest absolute Gasteiger partial charge is 0.306 e. The summed E-state index contributed by atoms with van der Waals surface area (Å²) >= 11 is 0. The average Bonchev–Trinajstić information content (AvgIpc) is 3.49. The lowest BCUT2D eigenvalue weighted by molar-refractivity contribution is -0.167. The second kappa shape index (κ2) is 70.6. The van der Waals surface area contributed by atoms with Gasteiger partial charge in [0.1, 0.15) is 13.2 Å². The predicted molar refractivity (Wildman–Crippen MR) is 362 cm³/mol. The normalized spacial score (nSPS) is 12.8. The van der Waals surface area contributed by atoms with E-state index in [2.05, 4.69) is 130 Å². The zero-order valence-corrected chi connectivity index (χ0v) is 54.7. The van der Waals surface area contributed by atoms with Crippen molar-refractivity contribution in [2.75, 3.05) is 13.2 Å². The minimum Gasteiger partial charge on any atom is -0.462 e. The summed E-state index contributed by atoms with van der Waals surface area (Å²) in [6, 6.07) is 0. The van der Waals surface area contributed by atoms with E-state index in [9.17, 15) is 14.4 Å². The maximum Gasteiger partial charge on any atom is 0.306 e. The summed E-state index contributed by atoms with van der Waals surface area (Å²) in [5.41, 5.74) is 0. The highest BCUT2D eigenvalue weighted by Crippen LogP contribution is 2.17. The van der Waals surface area contributed by atoms with Gasteiger partial charge in [0.05, 0.1) is 0 Å². The predicted octanol–water partition coefficient (Wildman–Crippen LogP) is 24.6. The molecule has 0 aliphatic rings. The fourth-order valence-corrected chi connectivity index (χ4v) is 9.94. The number of hydrogen-bond donors (Lipinski definition) is 0. The zero-order valence-electron chi connectivity index (χ0n) is 54.7. The van der Waals surface area contributed by atoms with E-state index in [4.69, 9.17) is 14.2 Å². The van der Waals surface area contributed by atoms with Crippen molar-refractivity contribution in [2.24, 2.45) is 0 Å². The molecule has 6 heteroatoms. The first-order valence-corrected chi connectivity index (χ1v) is 35.4. The van der Waals surface area contributed by atoms with Gasteiger partial charge in [0.15, 0.2) is 6.10 Å². The van der Waals surface area contributed by atoms with Gasteiger partial charge < -0.3 is 14.2 Å². The van der Waals surface area contributed by atoms with Gasteiger partial charge >= 0.3 is 17.9 Å². The molecular formula is C77H132O6. The van der Waals surface area contributed by atoms with E-state index in [-0.39, 0.29) is 31.1 Å². The van der Waals surface area contributed by atoms with Crippen molar-refractivity contribution in [3.63, 3.8) is 0 Å². The molecular weight excluding hydrogens is 1020 g/mol. The lowest BCUT2D eigenvalue weighted by Gasteiger charge is -2.18. The lowest BCUT2D eigenvalue weighted by Crippen LogP contribution is -2.30. The molecule has 0 saturated heterocycles. The van der Waals surface area contributed by atoms with Crippen LogP contribution in [0.1, 0.15) is 342 Å². The van der Waals surface area contributed by atoms with Crippen molar-refractivity contribution in [2.45, 2.75) is 348 Å². The molecule has 0 saturated carbocycles. The average molecular weight is 1150 g/mol. The van der Waals surface area contributed by atoms with Crippen LogP contribution in [0.2, 0.25) is 0 Å². The van der Waals surface area contributed by atoms with Gasteiger partial charge in [-0.2, -0.15) is 0 Å². The SMILES string of the molecule is CC/C=C\C/C=C\C/C=C\C/C=C\C/C=C\CCCCCCCC(=O)OC(COC(=O)CCCCCCC/C=C\C/C=C\CCCCC)COC(=O)CCCCCCCCCCCCCCCCCCC/C=C\C/C=C\CCCCCCC. The number of allylic oxidation sites excluding steroid dienone is 18. The van der Waals surface area contributed by atoms with E-state index in [0.717, 1.165) is 141 Å². The summed E-state index contributed by atoms with van der Waals surface area (Å²) in [5, 5.41) is 0. The topological polar surface area (TPSA) is 78.9 Å². The van der Waals surface area contributed by atoms with Crippen LogP contribution in [0.15, 0.2) is 109 Å². The summed E-state index contributed by atoms with van der Waals surface area (Å²) in [4.78, 5) is 38.4. The van der Waals surface area contributed by atoms with Gasteiger partial charge in [0, 0.05) is 19.3 Å². The summed E-state index contributed by atoms with van der Waals surface area (Å²) in [7, 11) is 0. The molecule has 0 heterocycles. The first-order valence-electron chi connectivity index (χ1n) is 35.4. The Hall–Kier alpha value is -3.93. The molecule has 476 valence electrons. The van der Waals surface area contributed by atoms with Crippen molar-refractivity contribution < 1.29 is 28.6 Å². The molecule has 0 aliphatic carbocycles. The van der Waals surface area contributed by atoms with Crippen LogP contribution in [0.3, 0.4) is 0 Å². The van der Waals surface area contributed by atoms with Gasteiger partial charge in [-0.3, -0.25) is 14.4 Å². The molecule has 0 amide bonds. The van der Waals surface area contributed by atoms with E-state index in [0.29, 0.717) is 19.3 Å². The van der Waals surface area contributed by atoms with Crippen molar-refractivity contribution in [1.29, 1.82) is 0 Å². The van der Waals surface area contributed by atoms with Crippen LogP contribution < -0.4 is 0 Å². The Labute approximate surface area is 514 Å². The van der Waals surface area contributed by atoms with Gasteiger partial charge in [0.2, 0.25) is 0 Å². The number of carbonyl (C=O) groups is 3. The Morgan fingerprint density at radius 3 is 0.759 bits per heavy atom. The summed E-state index contributed by atoms with van der Waals surface area (Å²) < 4.78 is 17.0. The van der Waals surface area contributed by atoms with Crippen molar-refractivity contribution >= 4 is 17.9 Å². The molecule has 1 unspecified atom stereocenters. The van der Waals surface area contributed by atoms with Crippen molar-refractivity contribution in [3.05, 3.63) is 109 Å². The van der Waals surface area contributed by atoms with Gasteiger partial charge in [0.25, 0.3) is 0 Å².